The summed E-state index contributed by atoms with van der Waals surface area (Å²) in [7, 11) is 3.87. The zero-order chi connectivity index (χ0) is 10.3. The highest BCUT2D eigenvalue weighted by atomic mass is 16.1. The molecule has 72 valence electrons. The summed E-state index contributed by atoms with van der Waals surface area (Å²) in [5, 5.41) is 2.88. The molecule has 0 aliphatic rings. The van der Waals surface area contributed by atoms with Gasteiger partial charge in [-0.15, -0.1) is 0 Å². The highest BCUT2D eigenvalue weighted by molar-refractivity contribution is 5.99. The minimum atomic E-state index is 0.120. The van der Waals surface area contributed by atoms with Crippen molar-refractivity contribution in [3.63, 3.8) is 0 Å². The van der Waals surface area contributed by atoms with Gasteiger partial charge in [0.2, 0.25) is 0 Å². The Bertz CT molecular complexity index is 248. The number of nitrogens with one attached hydrogen (secondary N) is 1. The van der Waals surface area contributed by atoms with Crippen molar-refractivity contribution in [1.29, 1.82) is 0 Å². The van der Waals surface area contributed by atoms with E-state index in [0.29, 0.717) is 6.54 Å². The average molecular weight is 181 g/mol. The smallest absolute Gasteiger partial charge is 0.200 e. The fourth-order valence-corrected chi connectivity index (χ4v) is 0.747. The standard InChI is InChI=1S/C10H16N2O/c1-5-10(12(3)4)6-7-11-8-9(2)13/h5-7H,1,8H2,2-4H3/p+1. The molecule has 0 atom stereocenters. The van der Waals surface area contributed by atoms with Crippen molar-refractivity contribution in [3.8, 4) is 0 Å². The van der Waals surface area contributed by atoms with E-state index in [1.807, 2.05) is 24.7 Å². The van der Waals surface area contributed by atoms with E-state index in [2.05, 4.69) is 11.9 Å². The van der Waals surface area contributed by atoms with Gasteiger partial charge in [-0.25, -0.2) is 4.58 Å². The second-order valence-electron chi connectivity index (χ2n) is 2.94. The highest BCUT2D eigenvalue weighted by Gasteiger charge is 1.95. The highest BCUT2D eigenvalue weighted by Crippen LogP contribution is 1.80. The molecule has 0 aromatic rings. The molecule has 1 N–H and O–H groups in total. The summed E-state index contributed by atoms with van der Waals surface area (Å²) in [4.78, 5) is 10.6. The van der Waals surface area contributed by atoms with Gasteiger partial charge in [-0.1, -0.05) is 6.58 Å². The van der Waals surface area contributed by atoms with Crippen LogP contribution in [0, 0.1) is 0 Å². The molecule has 0 fully saturated rings. The minimum Gasteiger partial charge on any atom is -0.384 e. The predicted molar refractivity (Wildman–Crippen MR) is 55.1 cm³/mol. The Morgan fingerprint density at radius 2 is 2.15 bits per heavy atom. The molecule has 0 saturated carbocycles. The van der Waals surface area contributed by atoms with E-state index < -0.39 is 0 Å². The third kappa shape index (κ3) is 5.84. The molecule has 0 aromatic carbocycles. The molecule has 3 nitrogen and oxygen atoms in total. The van der Waals surface area contributed by atoms with Crippen LogP contribution in [0.5, 0.6) is 0 Å². The largest absolute Gasteiger partial charge is 0.384 e. The number of rotatable bonds is 5. The van der Waals surface area contributed by atoms with Gasteiger partial charge in [0.15, 0.2) is 5.71 Å². The third-order valence-electron chi connectivity index (χ3n) is 1.45. The van der Waals surface area contributed by atoms with Gasteiger partial charge in [0.25, 0.3) is 0 Å². The maximum atomic E-state index is 10.6. The quantitative estimate of drug-likeness (QED) is 0.497. The van der Waals surface area contributed by atoms with Gasteiger partial charge in [0.1, 0.15) is 19.9 Å². The van der Waals surface area contributed by atoms with E-state index in [-0.39, 0.29) is 5.78 Å². The van der Waals surface area contributed by atoms with Crippen LogP contribution < -0.4 is 5.32 Å². The summed E-state index contributed by atoms with van der Waals surface area (Å²) >= 11 is 0. The van der Waals surface area contributed by atoms with Crippen molar-refractivity contribution in [2.75, 3.05) is 20.6 Å². The van der Waals surface area contributed by atoms with Gasteiger partial charge >= 0.3 is 0 Å². The lowest BCUT2D eigenvalue weighted by molar-refractivity contribution is -0.462. The van der Waals surface area contributed by atoms with Crippen LogP contribution in [0.1, 0.15) is 6.92 Å². The Kier molecular flexibility index (Phi) is 5.52. The van der Waals surface area contributed by atoms with Gasteiger partial charge < -0.3 is 5.32 Å². The van der Waals surface area contributed by atoms with Crippen molar-refractivity contribution < 1.29 is 9.37 Å². The van der Waals surface area contributed by atoms with Crippen molar-refractivity contribution in [3.05, 3.63) is 24.9 Å². The average Bonchev–Trinajstić information content (AvgIpc) is 2.03. The Balaban J connectivity index is 4.03. The monoisotopic (exact) mass is 181 g/mol. The lowest BCUT2D eigenvalue weighted by Gasteiger charge is -1.94. The molecular formula is C10H17N2O+. The summed E-state index contributed by atoms with van der Waals surface area (Å²) in [6.07, 6.45) is 5.38. The number of nitrogens with zero attached hydrogens (tertiary/aromatic N) is 1. The molecule has 0 spiro atoms. The van der Waals surface area contributed by atoms with Crippen LogP contribution >= 0.6 is 0 Å². The third-order valence-corrected chi connectivity index (χ3v) is 1.45. The number of Topliss-reactive ketones (excluding diaryl/α,β-unsaturated/α-hetero) is 1. The second-order valence-corrected chi connectivity index (χ2v) is 2.94. The Morgan fingerprint density at radius 3 is 2.54 bits per heavy atom. The van der Waals surface area contributed by atoms with Crippen LogP contribution in [0.3, 0.4) is 0 Å². The molecule has 0 aliphatic carbocycles. The van der Waals surface area contributed by atoms with E-state index >= 15 is 0 Å². The van der Waals surface area contributed by atoms with Crippen LogP contribution in [0.2, 0.25) is 0 Å². The van der Waals surface area contributed by atoms with Crippen molar-refractivity contribution in [2.45, 2.75) is 6.92 Å². The number of hydrogen-bond acceptors (Lipinski definition) is 2. The van der Waals surface area contributed by atoms with Crippen LogP contribution in [-0.2, 0) is 4.79 Å². The number of hydrogen-bond donors (Lipinski definition) is 1. The molecule has 0 bridgehead atoms. The summed E-state index contributed by atoms with van der Waals surface area (Å²) in [6.45, 7) is 5.59. The van der Waals surface area contributed by atoms with Gasteiger partial charge in [-0.05, 0) is 6.92 Å². The molecule has 0 aromatic heterocycles. The Labute approximate surface area is 79.5 Å². The molecule has 13 heavy (non-hydrogen) atoms. The molecule has 3 heteroatoms. The van der Waals surface area contributed by atoms with E-state index in [1.165, 1.54) is 0 Å². The fraction of sp³-hybridized carbons (Fsp3) is 0.400. The molecule has 0 rings (SSSR count). The van der Waals surface area contributed by atoms with Crippen molar-refractivity contribution >= 4 is 11.5 Å². The number of carbonyl (C=O) groups excluding carboxylic acids is 1. The Morgan fingerprint density at radius 1 is 1.54 bits per heavy atom. The van der Waals surface area contributed by atoms with Crippen LogP contribution in [-0.4, -0.2) is 36.7 Å². The van der Waals surface area contributed by atoms with Crippen molar-refractivity contribution in [2.24, 2.45) is 0 Å². The van der Waals surface area contributed by atoms with Gasteiger partial charge in [-0.3, -0.25) is 4.79 Å². The molecule has 0 amide bonds. The summed E-state index contributed by atoms with van der Waals surface area (Å²) in [5.74, 6) is 0.120. The van der Waals surface area contributed by atoms with E-state index in [4.69, 9.17) is 0 Å². The topological polar surface area (TPSA) is 32.1 Å². The normalized spacial score (nSPS) is 9.77. The summed E-state index contributed by atoms with van der Waals surface area (Å²) in [5.41, 5.74) is 0.996. The summed E-state index contributed by atoms with van der Waals surface area (Å²) in [6, 6.07) is 0. The molecule has 0 unspecified atom stereocenters. The van der Waals surface area contributed by atoms with Crippen LogP contribution in [0.4, 0.5) is 0 Å². The first-order valence-corrected chi connectivity index (χ1v) is 4.14. The maximum absolute atomic E-state index is 10.6. The first-order valence-electron chi connectivity index (χ1n) is 4.14. The number of carbonyl (C=O) groups is 1. The van der Waals surface area contributed by atoms with Crippen LogP contribution in [0.25, 0.3) is 0 Å². The molecular weight excluding hydrogens is 164 g/mol. The van der Waals surface area contributed by atoms with Gasteiger partial charge in [0, 0.05) is 18.4 Å². The molecule has 0 heterocycles. The van der Waals surface area contributed by atoms with Gasteiger partial charge in [-0.2, -0.15) is 0 Å². The second kappa shape index (κ2) is 6.17. The minimum absolute atomic E-state index is 0.120. The molecule has 0 saturated heterocycles. The van der Waals surface area contributed by atoms with Crippen molar-refractivity contribution in [1.82, 2.24) is 5.32 Å². The Hall–Kier alpha value is -1.38. The first kappa shape index (κ1) is 11.6. The number of ketones is 1. The maximum Gasteiger partial charge on any atom is 0.200 e. The summed E-state index contributed by atoms with van der Waals surface area (Å²) < 4.78 is 1.94. The number of allylic oxidation sites excluding steroid dienone is 2. The van der Waals surface area contributed by atoms with Crippen LogP contribution in [0.15, 0.2) is 24.9 Å². The predicted octanol–water partition coefficient (Wildman–Crippen LogP) is 0.578. The lowest BCUT2D eigenvalue weighted by Crippen LogP contribution is -2.16. The first-order chi connectivity index (χ1) is 6.07. The van der Waals surface area contributed by atoms with Gasteiger partial charge in [0.05, 0.1) is 6.54 Å². The van der Waals surface area contributed by atoms with E-state index in [0.717, 1.165) is 5.71 Å². The molecule has 0 radical (unpaired) electrons. The zero-order valence-electron chi connectivity index (χ0n) is 8.50. The lowest BCUT2D eigenvalue weighted by atomic mass is 10.3. The van der Waals surface area contributed by atoms with E-state index in [9.17, 15) is 4.79 Å². The zero-order valence-corrected chi connectivity index (χ0v) is 8.50. The SMILES string of the molecule is C=CC(/C=C\NCC(C)=O)=[N+](C)C. The fourth-order valence-electron chi connectivity index (χ4n) is 0.747. The van der Waals surface area contributed by atoms with E-state index in [1.54, 1.807) is 19.2 Å². The molecule has 0 aliphatic heterocycles.